The third-order valence-electron chi connectivity index (χ3n) is 0. The fourth-order valence-electron chi connectivity index (χ4n) is 0. The summed E-state index contributed by atoms with van der Waals surface area (Å²) < 4.78 is 61.0. The zero-order chi connectivity index (χ0) is 27.0. The van der Waals surface area contributed by atoms with Crippen LogP contribution in [0.15, 0.2) is 0 Å². The van der Waals surface area contributed by atoms with E-state index in [1.807, 2.05) is 0 Å². The van der Waals surface area contributed by atoms with Crippen molar-refractivity contribution in [2.75, 3.05) is 0 Å². The molecule has 0 aliphatic heterocycles. The molecule has 0 saturated carbocycles. The van der Waals surface area contributed by atoms with Crippen LogP contribution in [-0.4, -0.2) is 268 Å². The maximum absolute atomic E-state index is 10.2. The van der Waals surface area contributed by atoms with Crippen LogP contribution in [0.3, 0.4) is 0 Å². The summed E-state index contributed by atoms with van der Waals surface area (Å²) in [6.07, 6.45) is 0. The van der Waals surface area contributed by atoms with E-state index < -0.39 is 54.8 Å². The second kappa shape index (κ2) is 50.4. The molecule has 0 radical (unpaired) electrons. The number of hydrogen-bond acceptors (Lipinski definition) is 18. The van der Waals surface area contributed by atoms with Gasteiger partial charge in [0.2, 0.25) is 0 Å². The predicted octanol–water partition coefficient (Wildman–Crippen LogP) is -25.4. The Balaban J connectivity index is -0.0000000118. The number of rotatable bonds is 0. The molecule has 2 N–H and O–H groups in total. The molecule has 0 unspecified atom stereocenters. The maximum Gasteiger partial charge on any atom is 2.00 e. The van der Waals surface area contributed by atoms with Gasteiger partial charge in [-0.25, -0.2) is 0 Å². The third kappa shape index (κ3) is 1770. The van der Waals surface area contributed by atoms with Gasteiger partial charge in [0.15, 0.2) is 0 Å². The summed E-state index contributed by atoms with van der Waals surface area (Å²) in [5.74, 6) is 0. The molecule has 0 atom stereocenters. The van der Waals surface area contributed by atoms with Gasteiger partial charge in [-0.1, -0.05) is 54.8 Å². The third-order valence-corrected chi connectivity index (χ3v) is 0. The van der Waals surface area contributed by atoms with Crippen LogP contribution in [0.25, 0.3) is 0 Å². The molecule has 0 aliphatic rings. The average Bonchev–Trinajstić information content (AvgIpc) is 1.94. The van der Waals surface area contributed by atoms with Crippen LogP contribution in [-0.2, 0) is 0 Å². The maximum atomic E-state index is 10.2. The van der Waals surface area contributed by atoms with Gasteiger partial charge in [-0.05, 0) is 0 Å². The first-order valence-electron chi connectivity index (χ1n) is 4.81. The van der Waals surface area contributed by atoms with E-state index in [2.05, 4.69) is 0 Å². The second-order valence-corrected chi connectivity index (χ2v) is 8.67. The molecule has 0 bridgehead atoms. The van der Waals surface area contributed by atoms with E-state index in [1.165, 1.54) is 0 Å². The summed E-state index contributed by atoms with van der Waals surface area (Å²) in [5.41, 5.74) is 0. The molecule has 0 aromatic rings. The molecular formula is H2F6Mg9O19Si6. The summed E-state index contributed by atoms with van der Waals surface area (Å²) >= 11 is 0. The Labute approximate surface area is 372 Å². The normalized spacial score (nSPS) is 9.00. The largest absolute Gasteiger partial charge is 2.00 e. The Morgan fingerprint density at radius 3 is 0.200 bits per heavy atom. The Kier molecular flexibility index (Phi) is 130. The minimum atomic E-state index is -5.86. The van der Waals surface area contributed by atoms with Crippen molar-refractivity contribution in [3.63, 3.8) is 0 Å². The molecular weight excluding hydrogens is 805 g/mol. The van der Waals surface area contributed by atoms with Crippen LogP contribution in [0, 0.1) is 0 Å². The van der Waals surface area contributed by atoms with Gasteiger partial charge >= 0.3 is 207 Å². The van der Waals surface area contributed by atoms with Crippen LogP contribution in [0.2, 0.25) is 0 Å². The standard InChI is InChI=1S/6FO3Si.9Mg.H2O/c6*1-5(2,3)4;;;;;;;;;;/h;;;;;;;;;;;;;;;1H2/q6*-3;9*+2;. The molecule has 19 nitrogen and oxygen atoms in total. The summed E-state index contributed by atoms with van der Waals surface area (Å²) in [5, 5.41) is 0. The molecule has 200 valence electrons. The van der Waals surface area contributed by atoms with Gasteiger partial charge in [0, 0.05) is 0 Å². The SMILES string of the molecule is O.[Mg+2].[Mg+2].[Mg+2].[Mg+2].[Mg+2].[Mg+2].[Mg+2].[Mg+2].[Mg+2].[O-][Si]([O-])([O-])F.[O-][Si]([O-])([O-])F.[O-][Si]([O-])([O-])F.[O-][Si]([O-])([O-])F.[O-][Si]([O-])([O-])F.[O-][Si]([O-])([O-])F. The minimum Gasteiger partial charge on any atom is -0.857 e. The summed E-state index contributed by atoms with van der Waals surface area (Å²) in [6.45, 7) is 0. The van der Waals surface area contributed by atoms with Crippen molar-refractivity contribution >= 4 is 262 Å². The fourth-order valence-corrected chi connectivity index (χ4v) is 0. The Bertz CT molecular complexity index is 259. The van der Waals surface area contributed by atoms with Gasteiger partial charge in [0.05, 0.1) is 0 Å². The van der Waals surface area contributed by atoms with Crippen LogP contribution >= 0.6 is 0 Å². The van der Waals surface area contributed by atoms with E-state index >= 15 is 0 Å². The van der Waals surface area contributed by atoms with E-state index in [0.717, 1.165) is 0 Å². The average molecular weight is 807 g/mol. The van der Waals surface area contributed by atoms with Crippen molar-refractivity contribution in [3.8, 4) is 0 Å². The minimum absolute atomic E-state index is 0. The molecule has 0 heterocycles. The Morgan fingerprint density at radius 1 is 0.200 bits per heavy atom. The van der Waals surface area contributed by atoms with Crippen LogP contribution in [0.1, 0.15) is 0 Å². The van der Waals surface area contributed by atoms with Gasteiger partial charge in [-0.15, -0.1) is 0 Å². The Hall–Kier alpha value is 7.02. The zero-order valence-corrected chi connectivity index (χ0v) is 38.2. The van der Waals surface area contributed by atoms with E-state index in [4.69, 9.17) is 86.3 Å². The van der Waals surface area contributed by atoms with Gasteiger partial charge in [-0.2, -0.15) is 0 Å². The van der Waals surface area contributed by atoms with E-state index in [9.17, 15) is 24.6 Å². The van der Waals surface area contributed by atoms with Crippen molar-refractivity contribution in [2.24, 2.45) is 0 Å². The number of halogens is 6. The molecule has 0 aromatic heterocycles. The van der Waals surface area contributed by atoms with Crippen molar-refractivity contribution in [3.05, 3.63) is 0 Å². The molecule has 0 fully saturated rings. The van der Waals surface area contributed by atoms with Gasteiger partial charge in [0.1, 0.15) is 0 Å². The summed E-state index contributed by atoms with van der Waals surface area (Å²) in [4.78, 5) is 152. The first-order chi connectivity index (χ1) is 12.0. The van der Waals surface area contributed by atoms with Gasteiger partial charge in [-0.3, -0.25) is 0 Å². The van der Waals surface area contributed by atoms with Crippen LogP contribution < -0.4 is 86.3 Å². The topological polar surface area (TPSA) is 447 Å². The van der Waals surface area contributed by atoms with Crippen molar-refractivity contribution < 1.29 is 116 Å². The van der Waals surface area contributed by atoms with Crippen LogP contribution in [0.4, 0.5) is 24.6 Å². The summed E-state index contributed by atoms with van der Waals surface area (Å²) in [6, 6.07) is 0. The molecule has 0 aliphatic carbocycles. The van der Waals surface area contributed by atoms with Gasteiger partial charge < -0.3 is 116 Å². The molecule has 0 rings (SSSR count). The second-order valence-electron chi connectivity index (χ2n) is 2.89. The molecule has 40 heteroatoms. The Morgan fingerprint density at radius 2 is 0.200 bits per heavy atom. The first kappa shape index (κ1) is 103. The van der Waals surface area contributed by atoms with E-state index in [1.54, 1.807) is 0 Å². The van der Waals surface area contributed by atoms with Gasteiger partial charge in [0.25, 0.3) is 0 Å². The number of hydrogen-bond donors (Lipinski definition) is 0. The van der Waals surface area contributed by atoms with Crippen molar-refractivity contribution in [1.82, 2.24) is 0 Å². The van der Waals surface area contributed by atoms with Crippen molar-refractivity contribution in [1.29, 1.82) is 0 Å². The molecule has 40 heavy (non-hydrogen) atoms. The van der Waals surface area contributed by atoms with E-state index in [0.29, 0.717) is 0 Å². The fraction of sp³-hybridized carbons (Fsp3) is 0. The quantitative estimate of drug-likeness (QED) is 0.125. The predicted molar refractivity (Wildman–Crippen MR) is 96.6 cm³/mol. The summed E-state index contributed by atoms with van der Waals surface area (Å²) in [7, 11) is -35.2. The molecule has 0 amide bonds. The molecule has 0 aromatic carbocycles. The monoisotopic (exact) mass is 804 g/mol. The van der Waals surface area contributed by atoms with E-state index in [-0.39, 0.29) is 213 Å². The van der Waals surface area contributed by atoms with Crippen molar-refractivity contribution in [2.45, 2.75) is 0 Å². The molecule has 0 saturated heterocycles. The molecule has 0 spiro atoms. The smallest absolute Gasteiger partial charge is 0.857 e. The zero-order valence-electron chi connectivity index (χ0n) is 19.5. The van der Waals surface area contributed by atoms with Crippen LogP contribution in [0.5, 0.6) is 0 Å². The first-order valence-corrected chi connectivity index (χ1v) is 14.4.